The van der Waals surface area contributed by atoms with E-state index >= 15 is 0 Å². The van der Waals surface area contributed by atoms with Gasteiger partial charge in [-0.05, 0) is 31.2 Å². The predicted molar refractivity (Wildman–Crippen MR) is 85.4 cm³/mol. The monoisotopic (exact) mass is 301 g/mol. The van der Waals surface area contributed by atoms with Crippen LogP contribution in [0.4, 0.5) is 0 Å². The summed E-state index contributed by atoms with van der Waals surface area (Å²) < 4.78 is 0. The lowest BCUT2D eigenvalue weighted by Gasteiger charge is -2.35. The molecule has 0 aromatic heterocycles. The highest BCUT2D eigenvalue weighted by Gasteiger charge is 2.26. The summed E-state index contributed by atoms with van der Waals surface area (Å²) in [5.41, 5.74) is 0. The fraction of sp³-hybridized carbons (Fsp3) is 0.824. The Morgan fingerprint density at radius 2 is 1.45 bits per heavy atom. The van der Waals surface area contributed by atoms with Gasteiger partial charge in [-0.3, -0.25) is 0 Å². The fourth-order valence-corrected chi connectivity index (χ4v) is 3.27. The van der Waals surface area contributed by atoms with Gasteiger partial charge < -0.3 is 10.2 Å². The normalized spacial score (nSPS) is 21.0. The average molecular weight is 301 g/mol. The van der Waals surface area contributed by atoms with Gasteiger partial charge in [0.15, 0.2) is 0 Å². The molecule has 0 aromatic rings. The molecule has 1 N–H and O–H groups in total. The van der Waals surface area contributed by atoms with Crippen LogP contribution in [0.5, 0.6) is 0 Å². The second kappa shape index (κ2) is 12.0. The van der Waals surface area contributed by atoms with E-state index in [0.717, 1.165) is 32.7 Å². The van der Waals surface area contributed by atoms with Gasteiger partial charge in [0.2, 0.25) is 0 Å². The molecule has 1 aliphatic rings. The smallest absolute Gasteiger partial charge is 0.0635 e. The third-order valence-electron chi connectivity index (χ3n) is 4.46. The standard InChI is InChI=1S/C17H27N5/c18-8-3-11-21-14-16-6-1-2-7-17(16)15-22(12-4-9-19)13-5-10-20/h16-17,21H,1-7,11-15H2. The van der Waals surface area contributed by atoms with Crippen molar-refractivity contribution in [3.8, 4) is 18.2 Å². The van der Waals surface area contributed by atoms with Crippen molar-refractivity contribution >= 4 is 0 Å². The molecule has 1 aliphatic carbocycles. The number of hydrogen-bond donors (Lipinski definition) is 1. The minimum atomic E-state index is 0.531. The molecule has 0 radical (unpaired) electrons. The first kappa shape index (κ1) is 18.4. The Hall–Kier alpha value is -1.61. The Morgan fingerprint density at radius 3 is 2.05 bits per heavy atom. The second-order valence-corrected chi connectivity index (χ2v) is 6.03. The molecule has 2 unspecified atom stereocenters. The molecule has 0 spiro atoms. The summed E-state index contributed by atoms with van der Waals surface area (Å²) in [5.74, 6) is 1.29. The summed E-state index contributed by atoms with van der Waals surface area (Å²) in [5, 5.41) is 29.6. The van der Waals surface area contributed by atoms with Crippen molar-refractivity contribution in [2.24, 2.45) is 11.8 Å². The molecule has 120 valence electrons. The molecule has 1 saturated carbocycles. The van der Waals surface area contributed by atoms with Gasteiger partial charge in [-0.15, -0.1) is 0 Å². The van der Waals surface area contributed by atoms with E-state index in [1.54, 1.807) is 0 Å². The van der Waals surface area contributed by atoms with Crippen molar-refractivity contribution in [1.82, 2.24) is 10.2 Å². The molecule has 1 rings (SSSR count). The van der Waals surface area contributed by atoms with Crippen molar-refractivity contribution in [1.29, 1.82) is 15.8 Å². The summed E-state index contributed by atoms with van der Waals surface area (Å²) in [6.07, 6.45) is 6.68. The van der Waals surface area contributed by atoms with Gasteiger partial charge in [-0.25, -0.2) is 0 Å². The van der Waals surface area contributed by atoms with Crippen molar-refractivity contribution in [2.75, 3.05) is 32.7 Å². The number of nitriles is 3. The predicted octanol–water partition coefficient (Wildman–Crippen LogP) is 2.43. The molecule has 1 fully saturated rings. The van der Waals surface area contributed by atoms with E-state index < -0.39 is 0 Å². The van der Waals surface area contributed by atoms with Crippen LogP contribution in [0.3, 0.4) is 0 Å². The van der Waals surface area contributed by atoms with Crippen LogP contribution in [0.15, 0.2) is 0 Å². The third-order valence-corrected chi connectivity index (χ3v) is 4.46. The maximum absolute atomic E-state index is 8.79. The number of hydrogen-bond acceptors (Lipinski definition) is 5. The topological polar surface area (TPSA) is 86.6 Å². The van der Waals surface area contributed by atoms with Crippen molar-refractivity contribution in [2.45, 2.75) is 44.9 Å². The van der Waals surface area contributed by atoms with Gasteiger partial charge in [0, 0.05) is 45.4 Å². The first-order valence-corrected chi connectivity index (χ1v) is 8.35. The third kappa shape index (κ3) is 7.41. The van der Waals surface area contributed by atoms with Crippen LogP contribution >= 0.6 is 0 Å². The Kier molecular flexibility index (Phi) is 10.0. The maximum Gasteiger partial charge on any atom is 0.0635 e. The summed E-state index contributed by atoms with van der Waals surface area (Å²) in [4.78, 5) is 2.28. The molecule has 0 amide bonds. The second-order valence-electron chi connectivity index (χ2n) is 6.03. The van der Waals surface area contributed by atoms with E-state index in [0.29, 0.717) is 31.1 Å². The zero-order chi connectivity index (χ0) is 16.0. The van der Waals surface area contributed by atoms with E-state index in [1.165, 1.54) is 25.7 Å². The minimum absolute atomic E-state index is 0.531. The van der Waals surface area contributed by atoms with Crippen LogP contribution in [0, 0.1) is 45.8 Å². The molecule has 2 atom stereocenters. The molecule has 0 aromatic carbocycles. The molecule has 0 heterocycles. The van der Waals surface area contributed by atoms with Gasteiger partial charge in [-0.2, -0.15) is 15.8 Å². The summed E-state index contributed by atoms with van der Waals surface area (Å²) in [7, 11) is 0. The van der Waals surface area contributed by atoms with Gasteiger partial charge in [0.25, 0.3) is 0 Å². The van der Waals surface area contributed by atoms with Crippen LogP contribution < -0.4 is 5.32 Å². The van der Waals surface area contributed by atoms with Crippen molar-refractivity contribution in [3.63, 3.8) is 0 Å². The Balaban J connectivity index is 2.46. The highest BCUT2D eigenvalue weighted by atomic mass is 15.1. The van der Waals surface area contributed by atoms with E-state index in [4.69, 9.17) is 15.8 Å². The summed E-state index contributed by atoms with van der Waals surface area (Å²) >= 11 is 0. The first-order valence-electron chi connectivity index (χ1n) is 8.35. The highest BCUT2D eigenvalue weighted by molar-refractivity contribution is 4.83. The Bertz CT molecular complexity index is 396. The van der Waals surface area contributed by atoms with E-state index in [9.17, 15) is 0 Å². The molecule has 5 heteroatoms. The number of nitrogens with zero attached hydrogens (tertiary/aromatic N) is 4. The van der Waals surface area contributed by atoms with Gasteiger partial charge in [0.05, 0.1) is 18.2 Å². The lowest BCUT2D eigenvalue weighted by molar-refractivity contribution is 0.152. The number of nitrogens with one attached hydrogen (secondary N) is 1. The van der Waals surface area contributed by atoms with Gasteiger partial charge >= 0.3 is 0 Å². The Morgan fingerprint density at radius 1 is 0.864 bits per heavy atom. The molecule has 0 bridgehead atoms. The quantitative estimate of drug-likeness (QED) is 0.626. The molecular formula is C17H27N5. The van der Waals surface area contributed by atoms with Crippen LogP contribution in [0.2, 0.25) is 0 Å². The highest BCUT2D eigenvalue weighted by Crippen LogP contribution is 2.30. The van der Waals surface area contributed by atoms with Crippen LogP contribution in [0.25, 0.3) is 0 Å². The minimum Gasteiger partial charge on any atom is -0.315 e. The summed E-state index contributed by atoms with van der Waals surface area (Å²) in [6, 6.07) is 6.57. The van der Waals surface area contributed by atoms with Crippen LogP contribution in [-0.2, 0) is 0 Å². The lowest BCUT2D eigenvalue weighted by Crippen LogP contribution is -2.39. The van der Waals surface area contributed by atoms with Crippen LogP contribution in [-0.4, -0.2) is 37.6 Å². The SMILES string of the molecule is N#CCCNCC1CCCCC1CN(CCC#N)CCC#N. The fourth-order valence-electron chi connectivity index (χ4n) is 3.27. The number of rotatable bonds is 10. The Labute approximate surface area is 134 Å². The maximum atomic E-state index is 8.79. The molecule has 0 saturated heterocycles. The van der Waals surface area contributed by atoms with E-state index in [-0.39, 0.29) is 0 Å². The summed E-state index contributed by atoms with van der Waals surface area (Å²) in [6.45, 7) is 4.28. The van der Waals surface area contributed by atoms with Gasteiger partial charge in [0.1, 0.15) is 0 Å². The largest absolute Gasteiger partial charge is 0.315 e. The molecule has 0 aliphatic heterocycles. The van der Waals surface area contributed by atoms with E-state index in [1.807, 2.05) is 0 Å². The molecule has 5 nitrogen and oxygen atoms in total. The molecule has 22 heavy (non-hydrogen) atoms. The van der Waals surface area contributed by atoms with Gasteiger partial charge in [-0.1, -0.05) is 12.8 Å². The zero-order valence-electron chi connectivity index (χ0n) is 13.4. The zero-order valence-corrected chi connectivity index (χ0v) is 13.4. The first-order chi connectivity index (χ1) is 10.8. The van der Waals surface area contributed by atoms with Crippen molar-refractivity contribution in [3.05, 3.63) is 0 Å². The van der Waals surface area contributed by atoms with Crippen molar-refractivity contribution < 1.29 is 0 Å². The molecular weight excluding hydrogens is 274 g/mol. The lowest BCUT2D eigenvalue weighted by atomic mass is 9.78. The van der Waals surface area contributed by atoms with Crippen LogP contribution in [0.1, 0.15) is 44.9 Å². The average Bonchev–Trinajstić information content (AvgIpc) is 2.55. The van der Waals surface area contributed by atoms with E-state index in [2.05, 4.69) is 28.4 Å².